The molecule has 0 radical (unpaired) electrons. The molecular weight excluding hydrogens is 223 g/mol. The summed E-state index contributed by atoms with van der Waals surface area (Å²) >= 11 is 4.99. The van der Waals surface area contributed by atoms with Gasteiger partial charge >= 0.3 is 5.97 Å². The molecule has 0 bridgehead atoms. The summed E-state index contributed by atoms with van der Waals surface area (Å²) in [5.74, 6) is -1.06. The maximum absolute atomic E-state index is 12.5. The van der Waals surface area contributed by atoms with E-state index in [9.17, 15) is 14.0 Å². The zero-order chi connectivity index (χ0) is 11.3. The van der Waals surface area contributed by atoms with Gasteiger partial charge in [-0.3, -0.25) is 9.59 Å². The molecule has 5 heteroatoms. The maximum Gasteiger partial charge on any atom is 0.314 e. The highest BCUT2D eigenvalue weighted by atomic mass is 35.5. The zero-order valence-electron chi connectivity index (χ0n) is 7.70. The van der Waals surface area contributed by atoms with E-state index < -0.39 is 17.6 Å². The average Bonchev–Trinajstić information content (AvgIpc) is 2.16. The van der Waals surface area contributed by atoms with E-state index in [2.05, 4.69) is 0 Å². The van der Waals surface area contributed by atoms with Crippen LogP contribution < -0.4 is 0 Å². The van der Waals surface area contributed by atoms with Gasteiger partial charge in [0, 0.05) is 0 Å². The molecule has 1 rings (SSSR count). The summed E-state index contributed by atoms with van der Waals surface area (Å²) < 4.78 is 17.2. The van der Waals surface area contributed by atoms with Gasteiger partial charge in [-0.15, -0.1) is 0 Å². The lowest BCUT2D eigenvalue weighted by Crippen LogP contribution is -2.07. The first kappa shape index (κ1) is 11.7. The van der Waals surface area contributed by atoms with Crippen molar-refractivity contribution in [2.75, 3.05) is 0 Å². The molecule has 0 unspecified atom stereocenters. The van der Waals surface area contributed by atoms with Crippen LogP contribution in [0.1, 0.15) is 12.0 Å². The Hall–Kier alpha value is -1.42. The van der Waals surface area contributed by atoms with Crippen LogP contribution in [0, 0.1) is 5.82 Å². The van der Waals surface area contributed by atoms with Crippen LogP contribution in [0.25, 0.3) is 0 Å². The van der Waals surface area contributed by atoms with Crippen LogP contribution in [0.2, 0.25) is 0 Å². The van der Waals surface area contributed by atoms with Crippen molar-refractivity contribution < 1.29 is 18.7 Å². The van der Waals surface area contributed by atoms with Gasteiger partial charge in [-0.1, -0.05) is 12.1 Å². The van der Waals surface area contributed by atoms with Gasteiger partial charge in [0.05, 0.1) is 0 Å². The molecular formula is C10H8ClFO3. The van der Waals surface area contributed by atoms with Crippen LogP contribution in [0.15, 0.2) is 24.3 Å². The molecule has 0 saturated carbocycles. The number of carbonyl (C=O) groups is 2. The lowest BCUT2D eigenvalue weighted by molar-refractivity contribution is -0.146. The Morgan fingerprint density at radius 3 is 2.40 bits per heavy atom. The van der Waals surface area contributed by atoms with Crippen molar-refractivity contribution in [3.8, 4) is 0 Å². The molecule has 15 heavy (non-hydrogen) atoms. The summed E-state index contributed by atoms with van der Waals surface area (Å²) in [5.41, 5.74) is 0.645. The average molecular weight is 231 g/mol. The summed E-state index contributed by atoms with van der Waals surface area (Å²) in [6.07, 6.45) is -0.456. The number of hydrogen-bond acceptors (Lipinski definition) is 3. The number of carbonyl (C=O) groups excluding carboxylic acids is 2. The summed E-state index contributed by atoms with van der Waals surface area (Å²) in [5, 5.41) is -0.765. The van der Waals surface area contributed by atoms with Crippen LogP contribution in [-0.4, -0.2) is 11.2 Å². The molecule has 0 aliphatic rings. The normalized spacial score (nSPS) is 9.73. The molecule has 0 atom stereocenters. The molecule has 0 aromatic heterocycles. The third-order valence-electron chi connectivity index (χ3n) is 1.60. The second-order valence-corrected chi connectivity index (χ2v) is 3.24. The van der Waals surface area contributed by atoms with Gasteiger partial charge < -0.3 is 4.74 Å². The Labute approximate surface area is 90.8 Å². The van der Waals surface area contributed by atoms with E-state index in [0.717, 1.165) is 0 Å². The monoisotopic (exact) mass is 230 g/mol. The minimum absolute atomic E-state index is 0.00326. The van der Waals surface area contributed by atoms with Gasteiger partial charge in [0.15, 0.2) is 0 Å². The minimum Gasteiger partial charge on any atom is -0.460 e. The molecule has 0 aliphatic carbocycles. The quantitative estimate of drug-likeness (QED) is 0.452. The minimum atomic E-state index is -0.765. The van der Waals surface area contributed by atoms with Gasteiger partial charge in [0.1, 0.15) is 18.8 Å². The number of esters is 1. The van der Waals surface area contributed by atoms with E-state index in [1.807, 2.05) is 0 Å². The first-order chi connectivity index (χ1) is 7.08. The molecule has 0 N–H and O–H groups in total. The second-order valence-electron chi connectivity index (χ2n) is 2.82. The molecule has 0 saturated heterocycles. The second kappa shape index (κ2) is 5.46. The van der Waals surface area contributed by atoms with Crippen molar-refractivity contribution in [2.45, 2.75) is 13.0 Å². The molecule has 0 spiro atoms. The fourth-order valence-corrected chi connectivity index (χ4v) is 1.02. The van der Waals surface area contributed by atoms with Crippen molar-refractivity contribution in [1.82, 2.24) is 0 Å². The van der Waals surface area contributed by atoms with Crippen LogP contribution in [0.4, 0.5) is 4.39 Å². The molecule has 0 aliphatic heterocycles. The van der Waals surface area contributed by atoms with Crippen LogP contribution in [-0.2, 0) is 20.9 Å². The van der Waals surface area contributed by atoms with Gasteiger partial charge in [-0.2, -0.15) is 0 Å². The first-order valence-corrected chi connectivity index (χ1v) is 4.54. The third-order valence-corrected chi connectivity index (χ3v) is 1.73. The Balaban J connectivity index is 2.40. The third kappa shape index (κ3) is 4.56. The fraction of sp³-hybridized carbons (Fsp3) is 0.200. The largest absolute Gasteiger partial charge is 0.460 e. The predicted octanol–water partition coefficient (Wildman–Crippen LogP) is 2.02. The van der Waals surface area contributed by atoms with Crippen molar-refractivity contribution in [3.63, 3.8) is 0 Å². The van der Waals surface area contributed by atoms with E-state index in [1.54, 1.807) is 0 Å². The number of halogens is 2. The molecule has 80 valence electrons. The Bertz CT molecular complexity index is 361. The zero-order valence-corrected chi connectivity index (χ0v) is 8.46. The van der Waals surface area contributed by atoms with Crippen molar-refractivity contribution >= 4 is 22.8 Å². The number of hydrogen-bond donors (Lipinski definition) is 0. The molecule has 0 fully saturated rings. The lowest BCUT2D eigenvalue weighted by Gasteiger charge is -2.02. The number of rotatable bonds is 4. The van der Waals surface area contributed by atoms with Gasteiger partial charge in [0.2, 0.25) is 5.24 Å². The Morgan fingerprint density at radius 1 is 1.27 bits per heavy atom. The summed E-state index contributed by atoms with van der Waals surface area (Å²) in [7, 11) is 0. The molecule has 1 aromatic carbocycles. The Kier molecular flexibility index (Phi) is 4.24. The van der Waals surface area contributed by atoms with Crippen molar-refractivity contribution in [3.05, 3.63) is 35.6 Å². The van der Waals surface area contributed by atoms with E-state index in [1.165, 1.54) is 24.3 Å². The highest BCUT2D eigenvalue weighted by molar-refractivity contribution is 6.64. The molecule has 3 nitrogen and oxygen atoms in total. The maximum atomic E-state index is 12.5. The SMILES string of the molecule is O=C(Cl)CC(=O)OCc1ccc(F)cc1. The molecule has 0 amide bonds. The van der Waals surface area contributed by atoms with E-state index in [4.69, 9.17) is 16.3 Å². The van der Waals surface area contributed by atoms with Crippen LogP contribution in [0.5, 0.6) is 0 Å². The molecule has 1 aromatic rings. The van der Waals surface area contributed by atoms with Gasteiger partial charge in [-0.05, 0) is 29.3 Å². The van der Waals surface area contributed by atoms with Crippen LogP contribution >= 0.6 is 11.6 Å². The lowest BCUT2D eigenvalue weighted by atomic mass is 10.2. The smallest absolute Gasteiger partial charge is 0.314 e. The Morgan fingerprint density at radius 2 is 1.87 bits per heavy atom. The number of ether oxygens (including phenoxy) is 1. The topological polar surface area (TPSA) is 43.4 Å². The standard InChI is InChI=1S/C10H8ClFO3/c11-9(13)5-10(14)15-6-7-1-3-8(12)4-2-7/h1-4H,5-6H2. The first-order valence-electron chi connectivity index (χ1n) is 4.16. The number of benzene rings is 1. The van der Waals surface area contributed by atoms with Crippen molar-refractivity contribution in [1.29, 1.82) is 0 Å². The fourth-order valence-electron chi connectivity index (χ4n) is 0.909. The highest BCUT2D eigenvalue weighted by Gasteiger charge is 2.07. The predicted molar refractivity (Wildman–Crippen MR) is 51.7 cm³/mol. The van der Waals surface area contributed by atoms with Gasteiger partial charge in [-0.25, -0.2) is 4.39 Å². The van der Waals surface area contributed by atoms with E-state index in [0.29, 0.717) is 5.56 Å². The van der Waals surface area contributed by atoms with Crippen molar-refractivity contribution in [2.24, 2.45) is 0 Å². The van der Waals surface area contributed by atoms with E-state index >= 15 is 0 Å². The summed E-state index contributed by atoms with van der Waals surface area (Å²) in [6.45, 7) is 0.00326. The summed E-state index contributed by atoms with van der Waals surface area (Å²) in [6, 6.07) is 5.50. The molecule has 0 heterocycles. The van der Waals surface area contributed by atoms with Crippen LogP contribution in [0.3, 0.4) is 0 Å². The van der Waals surface area contributed by atoms with Gasteiger partial charge in [0.25, 0.3) is 0 Å². The summed E-state index contributed by atoms with van der Waals surface area (Å²) in [4.78, 5) is 21.2. The highest BCUT2D eigenvalue weighted by Crippen LogP contribution is 2.05. The van der Waals surface area contributed by atoms with E-state index in [-0.39, 0.29) is 12.4 Å².